The summed E-state index contributed by atoms with van der Waals surface area (Å²) in [6.07, 6.45) is 0.994. The van der Waals surface area contributed by atoms with Gasteiger partial charge in [0.1, 0.15) is 0 Å². The van der Waals surface area contributed by atoms with Crippen LogP contribution in [0.5, 0.6) is 0 Å². The number of rotatable bonds is 5. The molecule has 1 aromatic carbocycles. The second-order valence-electron chi connectivity index (χ2n) is 4.43. The molecule has 106 valence electrons. The molecule has 0 saturated carbocycles. The van der Waals surface area contributed by atoms with Crippen LogP contribution in [0.3, 0.4) is 0 Å². The third-order valence-electron chi connectivity index (χ3n) is 2.88. The number of amides is 1. The number of carbonyl (C=O) groups is 1. The van der Waals surface area contributed by atoms with Gasteiger partial charge in [0.15, 0.2) is 0 Å². The summed E-state index contributed by atoms with van der Waals surface area (Å²) in [5.41, 5.74) is 3.89. The summed E-state index contributed by atoms with van der Waals surface area (Å²) in [5, 5.41) is 3.13. The zero-order chi connectivity index (χ0) is 14.4. The van der Waals surface area contributed by atoms with Crippen LogP contribution in [0.25, 0.3) is 0 Å². The SMILES string of the molecule is CCCSC(=O)NC(c1ccccc1)c1scnc1C. The van der Waals surface area contributed by atoms with E-state index in [1.54, 1.807) is 11.3 Å². The molecular weight excluding hydrogens is 288 g/mol. The van der Waals surface area contributed by atoms with Gasteiger partial charge in [0.2, 0.25) is 0 Å². The largest absolute Gasteiger partial charge is 0.335 e. The van der Waals surface area contributed by atoms with Crippen molar-refractivity contribution in [3.8, 4) is 0 Å². The summed E-state index contributed by atoms with van der Waals surface area (Å²) < 4.78 is 0. The molecule has 2 rings (SSSR count). The van der Waals surface area contributed by atoms with Crippen LogP contribution in [0.4, 0.5) is 4.79 Å². The third-order valence-corrected chi connectivity index (χ3v) is 4.87. The number of nitrogens with one attached hydrogen (secondary N) is 1. The van der Waals surface area contributed by atoms with Gasteiger partial charge in [-0.2, -0.15) is 0 Å². The van der Waals surface area contributed by atoms with Crippen molar-refractivity contribution < 1.29 is 4.79 Å². The second-order valence-corrected chi connectivity index (χ2v) is 6.38. The summed E-state index contributed by atoms with van der Waals surface area (Å²) in [6, 6.07) is 9.92. The van der Waals surface area contributed by atoms with Gasteiger partial charge < -0.3 is 5.32 Å². The smallest absolute Gasteiger partial charge is 0.279 e. The van der Waals surface area contributed by atoms with Crippen LogP contribution in [0.15, 0.2) is 35.8 Å². The van der Waals surface area contributed by atoms with Crippen molar-refractivity contribution in [3.05, 3.63) is 52.0 Å². The molecule has 1 unspecified atom stereocenters. The molecule has 1 aromatic heterocycles. The Kier molecular flexibility index (Phi) is 5.61. The Bertz CT molecular complexity index is 554. The standard InChI is InChI=1S/C15H18N2OS2/c1-3-9-19-15(18)17-13(12-7-5-4-6-8-12)14-11(2)16-10-20-14/h4-8,10,13H,3,9H2,1-2H3,(H,17,18). The van der Waals surface area contributed by atoms with Gasteiger partial charge in [-0.1, -0.05) is 49.0 Å². The van der Waals surface area contributed by atoms with Gasteiger partial charge in [-0.05, 0) is 18.9 Å². The average molecular weight is 306 g/mol. The molecule has 0 fully saturated rings. The van der Waals surface area contributed by atoms with Crippen molar-refractivity contribution in [1.29, 1.82) is 0 Å². The lowest BCUT2D eigenvalue weighted by atomic mass is 10.0. The molecule has 0 saturated heterocycles. The number of aromatic nitrogens is 1. The summed E-state index contributed by atoms with van der Waals surface area (Å²) >= 11 is 2.92. The lowest BCUT2D eigenvalue weighted by Gasteiger charge is -2.18. The van der Waals surface area contributed by atoms with E-state index in [1.165, 1.54) is 11.8 Å². The first-order valence-electron chi connectivity index (χ1n) is 6.60. The molecule has 0 spiro atoms. The topological polar surface area (TPSA) is 42.0 Å². The number of nitrogens with zero attached hydrogens (tertiary/aromatic N) is 1. The first kappa shape index (κ1) is 15.1. The van der Waals surface area contributed by atoms with E-state index in [1.807, 2.05) is 42.8 Å². The fourth-order valence-corrected chi connectivity index (χ4v) is 3.36. The second kappa shape index (κ2) is 7.45. The lowest BCUT2D eigenvalue weighted by molar-refractivity contribution is 0.259. The molecule has 0 radical (unpaired) electrons. The molecule has 0 bridgehead atoms. The first-order chi connectivity index (χ1) is 9.72. The van der Waals surface area contributed by atoms with E-state index in [4.69, 9.17) is 0 Å². The Hall–Kier alpha value is -1.33. The number of hydrogen-bond donors (Lipinski definition) is 1. The molecule has 1 heterocycles. The van der Waals surface area contributed by atoms with Crippen molar-refractivity contribution in [1.82, 2.24) is 10.3 Å². The molecule has 1 N–H and O–H groups in total. The van der Waals surface area contributed by atoms with E-state index >= 15 is 0 Å². The van der Waals surface area contributed by atoms with Crippen molar-refractivity contribution in [2.24, 2.45) is 0 Å². The zero-order valence-electron chi connectivity index (χ0n) is 11.6. The molecule has 0 aliphatic carbocycles. The molecule has 0 aliphatic heterocycles. The van der Waals surface area contributed by atoms with E-state index in [9.17, 15) is 4.79 Å². The highest BCUT2D eigenvalue weighted by molar-refractivity contribution is 8.13. The maximum absolute atomic E-state index is 12.0. The number of thiazole rings is 1. The van der Waals surface area contributed by atoms with Gasteiger partial charge in [0.05, 0.1) is 22.1 Å². The Balaban J connectivity index is 2.22. The summed E-state index contributed by atoms with van der Waals surface area (Å²) in [4.78, 5) is 17.4. The molecule has 2 aromatic rings. The van der Waals surface area contributed by atoms with Crippen LogP contribution < -0.4 is 5.32 Å². The number of carbonyl (C=O) groups excluding carboxylic acids is 1. The Morgan fingerprint density at radius 3 is 2.75 bits per heavy atom. The van der Waals surface area contributed by atoms with Crippen molar-refractivity contribution in [2.75, 3.05) is 5.75 Å². The minimum absolute atomic E-state index is 0.0218. The predicted molar refractivity (Wildman–Crippen MR) is 86.4 cm³/mol. The van der Waals surface area contributed by atoms with Crippen LogP contribution in [0.1, 0.15) is 35.5 Å². The first-order valence-corrected chi connectivity index (χ1v) is 8.47. The van der Waals surface area contributed by atoms with Gasteiger partial charge >= 0.3 is 0 Å². The maximum atomic E-state index is 12.0. The molecule has 3 nitrogen and oxygen atoms in total. The Labute approximate surface area is 127 Å². The highest BCUT2D eigenvalue weighted by Crippen LogP contribution is 2.28. The third kappa shape index (κ3) is 3.84. The van der Waals surface area contributed by atoms with Gasteiger partial charge in [-0.25, -0.2) is 4.98 Å². The zero-order valence-corrected chi connectivity index (χ0v) is 13.3. The summed E-state index contributed by atoms with van der Waals surface area (Å²) in [6.45, 7) is 4.05. The van der Waals surface area contributed by atoms with E-state index in [0.29, 0.717) is 0 Å². The summed E-state index contributed by atoms with van der Waals surface area (Å²) in [7, 11) is 0. The van der Waals surface area contributed by atoms with Crippen LogP contribution in [0.2, 0.25) is 0 Å². The van der Waals surface area contributed by atoms with Gasteiger partial charge in [-0.15, -0.1) is 11.3 Å². The minimum atomic E-state index is -0.111. The number of benzene rings is 1. The van der Waals surface area contributed by atoms with E-state index in [-0.39, 0.29) is 11.3 Å². The molecule has 20 heavy (non-hydrogen) atoms. The van der Waals surface area contributed by atoms with Crippen molar-refractivity contribution >= 4 is 28.3 Å². The lowest BCUT2D eigenvalue weighted by Crippen LogP contribution is -2.26. The predicted octanol–water partition coefficient (Wildman–Crippen LogP) is 4.39. The number of thioether (sulfide) groups is 1. The van der Waals surface area contributed by atoms with E-state index in [0.717, 1.165) is 28.3 Å². The number of aryl methyl sites for hydroxylation is 1. The quantitative estimate of drug-likeness (QED) is 0.890. The highest BCUT2D eigenvalue weighted by atomic mass is 32.2. The van der Waals surface area contributed by atoms with Crippen LogP contribution >= 0.6 is 23.1 Å². The van der Waals surface area contributed by atoms with Crippen LogP contribution in [-0.4, -0.2) is 16.0 Å². The maximum Gasteiger partial charge on any atom is 0.279 e. The van der Waals surface area contributed by atoms with Crippen molar-refractivity contribution in [3.63, 3.8) is 0 Å². The molecule has 5 heteroatoms. The molecule has 1 atom stereocenters. The van der Waals surface area contributed by atoms with Crippen molar-refractivity contribution in [2.45, 2.75) is 26.3 Å². The monoisotopic (exact) mass is 306 g/mol. The van der Waals surface area contributed by atoms with Crippen LogP contribution in [-0.2, 0) is 0 Å². The van der Waals surface area contributed by atoms with Gasteiger partial charge in [0.25, 0.3) is 5.24 Å². The fourth-order valence-electron chi connectivity index (χ4n) is 1.89. The van der Waals surface area contributed by atoms with Crippen LogP contribution in [0, 0.1) is 6.92 Å². The van der Waals surface area contributed by atoms with Gasteiger partial charge in [-0.3, -0.25) is 4.79 Å². The number of hydrogen-bond acceptors (Lipinski definition) is 4. The average Bonchev–Trinajstić information content (AvgIpc) is 2.89. The van der Waals surface area contributed by atoms with E-state index in [2.05, 4.69) is 17.2 Å². The van der Waals surface area contributed by atoms with E-state index < -0.39 is 0 Å². The normalized spacial score (nSPS) is 12.1. The minimum Gasteiger partial charge on any atom is -0.335 e. The Morgan fingerprint density at radius 2 is 2.15 bits per heavy atom. The Morgan fingerprint density at radius 1 is 1.40 bits per heavy atom. The van der Waals surface area contributed by atoms with Gasteiger partial charge in [0, 0.05) is 5.75 Å². The fraction of sp³-hybridized carbons (Fsp3) is 0.333. The molecule has 0 aliphatic rings. The highest BCUT2D eigenvalue weighted by Gasteiger charge is 2.20. The summed E-state index contributed by atoms with van der Waals surface area (Å²) in [5.74, 6) is 0.842. The molecular formula is C15H18N2OS2. The molecule has 1 amide bonds.